The Bertz CT molecular complexity index is 262. The lowest BCUT2D eigenvalue weighted by Crippen LogP contribution is -2.61. The summed E-state index contributed by atoms with van der Waals surface area (Å²) >= 11 is 1.74. The van der Waals surface area contributed by atoms with Crippen LogP contribution in [0.15, 0.2) is 0 Å². The molecule has 1 rings (SSSR count). The number of rotatable bonds is 3. The minimum Gasteiger partial charge on any atom is -0.354 e. The minimum absolute atomic E-state index is 0.262. The zero-order chi connectivity index (χ0) is 12.4. The molecule has 1 aliphatic rings. The summed E-state index contributed by atoms with van der Waals surface area (Å²) in [5, 5.41) is 2.27. The Hall–Kier alpha value is -0.430. The van der Waals surface area contributed by atoms with Crippen molar-refractivity contribution in [3.8, 4) is 0 Å². The van der Waals surface area contributed by atoms with Crippen LogP contribution >= 0.6 is 11.8 Å². The lowest BCUT2D eigenvalue weighted by atomic mass is 10.0. The number of hydrogen-bond acceptors (Lipinski definition) is 3. The molecule has 0 aliphatic carbocycles. The van der Waals surface area contributed by atoms with E-state index in [1.165, 1.54) is 0 Å². The SMILES string of the molecule is CC(N)(C(=O)NCC1CCSC1)C(F)(F)F. The summed E-state index contributed by atoms with van der Waals surface area (Å²) in [6, 6.07) is 0. The van der Waals surface area contributed by atoms with Crippen LogP contribution in [0.3, 0.4) is 0 Å². The molecule has 1 heterocycles. The van der Waals surface area contributed by atoms with E-state index < -0.39 is 17.6 Å². The van der Waals surface area contributed by atoms with Gasteiger partial charge in [-0.1, -0.05) is 0 Å². The van der Waals surface area contributed by atoms with Crippen LogP contribution in [0, 0.1) is 5.92 Å². The Morgan fingerprint density at radius 2 is 2.19 bits per heavy atom. The number of amides is 1. The van der Waals surface area contributed by atoms with Gasteiger partial charge in [0.05, 0.1) is 0 Å². The minimum atomic E-state index is -4.72. The van der Waals surface area contributed by atoms with Crippen molar-refractivity contribution in [3.05, 3.63) is 0 Å². The molecule has 2 unspecified atom stereocenters. The van der Waals surface area contributed by atoms with Crippen molar-refractivity contribution < 1.29 is 18.0 Å². The summed E-state index contributed by atoms with van der Waals surface area (Å²) in [5.41, 5.74) is 2.17. The molecule has 0 saturated carbocycles. The van der Waals surface area contributed by atoms with Crippen molar-refractivity contribution in [1.29, 1.82) is 0 Å². The van der Waals surface area contributed by atoms with Gasteiger partial charge in [-0.25, -0.2) is 0 Å². The van der Waals surface area contributed by atoms with Crippen LogP contribution in [-0.4, -0.2) is 35.7 Å². The lowest BCUT2D eigenvalue weighted by molar-refractivity contribution is -0.187. The summed E-state index contributed by atoms with van der Waals surface area (Å²) in [5.74, 6) is 0.989. The van der Waals surface area contributed by atoms with E-state index in [2.05, 4.69) is 5.32 Å². The lowest BCUT2D eigenvalue weighted by Gasteiger charge is -2.26. The van der Waals surface area contributed by atoms with E-state index in [0.717, 1.165) is 17.9 Å². The van der Waals surface area contributed by atoms with E-state index in [-0.39, 0.29) is 12.5 Å². The van der Waals surface area contributed by atoms with E-state index in [1.54, 1.807) is 11.8 Å². The third-order valence-electron chi connectivity index (χ3n) is 2.64. The fourth-order valence-corrected chi connectivity index (χ4v) is 2.58. The summed E-state index contributed by atoms with van der Waals surface area (Å²) in [7, 11) is 0. The number of carbonyl (C=O) groups is 1. The van der Waals surface area contributed by atoms with Gasteiger partial charge in [-0.05, 0) is 30.8 Å². The standard InChI is InChI=1S/C9H15F3N2OS/c1-8(13,9(10,11)12)7(15)14-4-6-2-3-16-5-6/h6H,2-5,13H2,1H3,(H,14,15). The van der Waals surface area contributed by atoms with Gasteiger partial charge in [0.2, 0.25) is 5.91 Å². The summed E-state index contributed by atoms with van der Waals surface area (Å²) in [6.07, 6.45) is -3.79. The van der Waals surface area contributed by atoms with Crippen LogP contribution in [-0.2, 0) is 4.79 Å². The maximum atomic E-state index is 12.4. The molecule has 94 valence electrons. The second-order valence-electron chi connectivity index (χ2n) is 4.14. The zero-order valence-corrected chi connectivity index (χ0v) is 9.75. The van der Waals surface area contributed by atoms with Crippen LogP contribution in [0.2, 0.25) is 0 Å². The van der Waals surface area contributed by atoms with E-state index in [1.807, 2.05) is 0 Å². The molecular weight excluding hydrogens is 241 g/mol. The van der Waals surface area contributed by atoms with Gasteiger partial charge in [0.15, 0.2) is 5.54 Å². The number of alkyl halides is 3. The molecule has 0 aromatic heterocycles. The molecule has 1 amide bonds. The fourth-order valence-electron chi connectivity index (χ4n) is 1.29. The van der Waals surface area contributed by atoms with Gasteiger partial charge in [0.1, 0.15) is 0 Å². The van der Waals surface area contributed by atoms with Crippen LogP contribution in [0.4, 0.5) is 13.2 Å². The average molecular weight is 256 g/mol. The number of thioether (sulfide) groups is 1. The van der Waals surface area contributed by atoms with Crippen LogP contribution < -0.4 is 11.1 Å². The van der Waals surface area contributed by atoms with Gasteiger partial charge in [0.25, 0.3) is 0 Å². The predicted octanol–water partition coefficient (Wildman–Crippen LogP) is 1.14. The smallest absolute Gasteiger partial charge is 0.354 e. The Labute approximate surface area is 96.3 Å². The highest BCUT2D eigenvalue weighted by Crippen LogP contribution is 2.28. The number of nitrogens with two attached hydrogens (primary N) is 1. The average Bonchev–Trinajstić information content (AvgIpc) is 2.64. The quantitative estimate of drug-likeness (QED) is 0.796. The molecule has 3 N–H and O–H groups in total. The third kappa shape index (κ3) is 3.04. The zero-order valence-electron chi connectivity index (χ0n) is 8.93. The van der Waals surface area contributed by atoms with Crippen molar-refractivity contribution >= 4 is 17.7 Å². The molecule has 1 saturated heterocycles. The van der Waals surface area contributed by atoms with Crippen molar-refractivity contribution in [2.24, 2.45) is 11.7 Å². The molecule has 16 heavy (non-hydrogen) atoms. The Morgan fingerprint density at radius 1 is 1.56 bits per heavy atom. The van der Waals surface area contributed by atoms with E-state index >= 15 is 0 Å². The summed E-state index contributed by atoms with van der Waals surface area (Å²) in [6.45, 7) is 0.959. The first-order valence-corrected chi connectivity index (χ1v) is 6.12. The molecule has 7 heteroatoms. The van der Waals surface area contributed by atoms with Crippen molar-refractivity contribution in [1.82, 2.24) is 5.32 Å². The molecule has 0 aromatic rings. The van der Waals surface area contributed by atoms with Crippen LogP contribution in [0.5, 0.6) is 0 Å². The Kier molecular flexibility index (Phi) is 4.12. The highest BCUT2D eigenvalue weighted by atomic mass is 32.2. The second-order valence-corrected chi connectivity index (χ2v) is 5.29. The van der Waals surface area contributed by atoms with Gasteiger partial charge in [-0.3, -0.25) is 4.79 Å². The van der Waals surface area contributed by atoms with Gasteiger partial charge in [-0.2, -0.15) is 24.9 Å². The first-order valence-electron chi connectivity index (χ1n) is 4.97. The van der Waals surface area contributed by atoms with E-state index in [9.17, 15) is 18.0 Å². The molecule has 1 aliphatic heterocycles. The van der Waals surface area contributed by atoms with Gasteiger partial charge < -0.3 is 11.1 Å². The molecule has 0 aromatic carbocycles. The second kappa shape index (κ2) is 4.83. The van der Waals surface area contributed by atoms with Crippen molar-refractivity contribution in [2.75, 3.05) is 18.1 Å². The number of halogens is 3. The maximum absolute atomic E-state index is 12.4. The monoisotopic (exact) mass is 256 g/mol. The maximum Gasteiger partial charge on any atom is 0.415 e. The Morgan fingerprint density at radius 3 is 2.62 bits per heavy atom. The molecule has 0 radical (unpaired) electrons. The van der Waals surface area contributed by atoms with Crippen molar-refractivity contribution in [2.45, 2.75) is 25.1 Å². The first kappa shape index (κ1) is 13.6. The number of carbonyl (C=O) groups excluding carboxylic acids is 1. The number of hydrogen-bond donors (Lipinski definition) is 2. The molecule has 0 spiro atoms. The van der Waals surface area contributed by atoms with E-state index in [0.29, 0.717) is 6.92 Å². The normalized spacial score (nSPS) is 25.2. The molecule has 3 nitrogen and oxygen atoms in total. The first-order chi connectivity index (χ1) is 7.25. The summed E-state index contributed by atoms with van der Waals surface area (Å²) < 4.78 is 37.2. The predicted molar refractivity (Wildman–Crippen MR) is 57.1 cm³/mol. The molecule has 1 fully saturated rings. The van der Waals surface area contributed by atoms with E-state index in [4.69, 9.17) is 5.73 Å². The van der Waals surface area contributed by atoms with Gasteiger partial charge in [-0.15, -0.1) is 0 Å². The van der Waals surface area contributed by atoms with Gasteiger partial charge in [0, 0.05) is 6.54 Å². The molecule has 0 bridgehead atoms. The molecular formula is C9H15F3N2OS. The summed E-state index contributed by atoms with van der Waals surface area (Å²) in [4.78, 5) is 11.3. The van der Waals surface area contributed by atoms with Crippen molar-refractivity contribution in [3.63, 3.8) is 0 Å². The highest BCUT2D eigenvalue weighted by Gasteiger charge is 2.53. The topological polar surface area (TPSA) is 55.1 Å². The fraction of sp³-hybridized carbons (Fsp3) is 0.889. The molecule has 2 atom stereocenters. The largest absolute Gasteiger partial charge is 0.415 e. The highest BCUT2D eigenvalue weighted by molar-refractivity contribution is 7.99. The Balaban J connectivity index is 2.45. The van der Waals surface area contributed by atoms with Gasteiger partial charge >= 0.3 is 6.18 Å². The van der Waals surface area contributed by atoms with Crippen LogP contribution in [0.25, 0.3) is 0 Å². The number of nitrogens with one attached hydrogen (secondary N) is 1. The third-order valence-corrected chi connectivity index (χ3v) is 3.87. The van der Waals surface area contributed by atoms with Crippen LogP contribution in [0.1, 0.15) is 13.3 Å².